The van der Waals surface area contributed by atoms with Gasteiger partial charge in [0, 0.05) is 13.1 Å². The van der Waals surface area contributed by atoms with Crippen molar-refractivity contribution < 1.29 is 0 Å². The summed E-state index contributed by atoms with van der Waals surface area (Å²) in [7, 11) is 2.21. The van der Waals surface area contributed by atoms with E-state index >= 15 is 0 Å². The van der Waals surface area contributed by atoms with Crippen LogP contribution < -0.4 is 5.73 Å². The summed E-state index contributed by atoms with van der Waals surface area (Å²) in [5, 5.41) is 0. The van der Waals surface area contributed by atoms with Crippen LogP contribution in [0, 0.1) is 5.41 Å². The van der Waals surface area contributed by atoms with Gasteiger partial charge in [0.25, 0.3) is 0 Å². The summed E-state index contributed by atoms with van der Waals surface area (Å²) in [6, 6.07) is 10.7. The Labute approximate surface area is 98.4 Å². The van der Waals surface area contributed by atoms with Gasteiger partial charge >= 0.3 is 0 Å². The van der Waals surface area contributed by atoms with Crippen LogP contribution in [-0.2, 0) is 6.54 Å². The number of hydrogen-bond acceptors (Lipinski definition) is 2. The zero-order valence-electron chi connectivity index (χ0n) is 10.2. The highest BCUT2D eigenvalue weighted by Crippen LogP contribution is 2.48. The van der Waals surface area contributed by atoms with Gasteiger partial charge in [0.2, 0.25) is 0 Å². The summed E-state index contributed by atoms with van der Waals surface area (Å²) in [4.78, 5) is 2.43. The Morgan fingerprint density at radius 3 is 2.50 bits per heavy atom. The van der Waals surface area contributed by atoms with E-state index in [-0.39, 0.29) is 0 Å². The van der Waals surface area contributed by atoms with Crippen LogP contribution in [0.1, 0.15) is 24.8 Å². The van der Waals surface area contributed by atoms with E-state index in [4.69, 9.17) is 5.73 Å². The Balaban J connectivity index is 1.83. The minimum Gasteiger partial charge on any atom is -0.330 e. The first kappa shape index (κ1) is 11.6. The van der Waals surface area contributed by atoms with E-state index in [9.17, 15) is 0 Å². The Morgan fingerprint density at radius 2 is 1.94 bits per heavy atom. The summed E-state index contributed by atoms with van der Waals surface area (Å²) in [6.07, 6.45) is 3.92. The van der Waals surface area contributed by atoms with Crippen molar-refractivity contribution in [3.05, 3.63) is 35.9 Å². The molecule has 1 aromatic carbocycles. The fourth-order valence-electron chi connectivity index (χ4n) is 2.49. The first-order valence-corrected chi connectivity index (χ1v) is 6.17. The van der Waals surface area contributed by atoms with Gasteiger partial charge in [-0.25, -0.2) is 0 Å². The van der Waals surface area contributed by atoms with Crippen LogP contribution in [0.25, 0.3) is 0 Å². The molecule has 0 atom stereocenters. The van der Waals surface area contributed by atoms with E-state index in [0.29, 0.717) is 5.41 Å². The van der Waals surface area contributed by atoms with Crippen molar-refractivity contribution in [3.63, 3.8) is 0 Å². The smallest absolute Gasteiger partial charge is 0.0230 e. The quantitative estimate of drug-likeness (QED) is 0.793. The lowest BCUT2D eigenvalue weighted by Crippen LogP contribution is -2.27. The van der Waals surface area contributed by atoms with Crippen molar-refractivity contribution in [1.29, 1.82) is 0 Å². The van der Waals surface area contributed by atoms with Crippen molar-refractivity contribution in [2.24, 2.45) is 11.1 Å². The number of benzene rings is 1. The van der Waals surface area contributed by atoms with Gasteiger partial charge in [-0.05, 0) is 43.8 Å². The minimum absolute atomic E-state index is 0.554. The van der Waals surface area contributed by atoms with E-state index in [0.717, 1.165) is 13.1 Å². The lowest BCUT2D eigenvalue weighted by atomic mass is 10.0. The van der Waals surface area contributed by atoms with E-state index in [2.05, 4.69) is 42.3 Å². The van der Waals surface area contributed by atoms with Gasteiger partial charge in [-0.15, -0.1) is 0 Å². The molecule has 2 heteroatoms. The van der Waals surface area contributed by atoms with Crippen molar-refractivity contribution >= 4 is 0 Å². The third kappa shape index (κ3) is 3.06. The minimum atomic E-state index is 0.554. The highest BCUT2D eigenvalue weighted by Gasteiger charge is 2.42. The monoisotopic (exact) mass is 218 g/mol. The fraction of sp³-hybridized carbons (Fsp3) is 0.571. The second kappa shape index (κ2) is 4.98. The molecule has 1 aliphatic rings. The summed E-state index contributed by atoms with van der Waals surface area (Å²) in [5.41, 5.74) is 7.62. The van der Waals surface area contributed by atoms with Crippen LogP contribution in [0.2, 0.25) is 0 Å². The Morgan fingerprint density at radius 1 is 1.25 bits per heavy atom. The van der Waals surface area contributed by atoms with Crippen molar-refractivity contribution in [3.8, 4) is 0 Å². The molecule has 0 saturated heterocycles. The molecule has 88 valence electrons. The van der Waals surface area contributed by atoms with Crippen LogP contribution in [0.4, 0.5) is 0 Å². The molecule has 16 heavy (non-hydrogen) atoms. The van der Waals surface area contributed by atoms with E-state index in [1.54, 1.807) is 0 Å². The third-order valence-corrected chi connectivity index (χ3v) is 3.53. The molecule has 0 aliphatic heterocycles. The van der Waals surface area contributed by atoms with Crippen LogP contribution >= 0.6 is 0 Å². The van der Waals surface area contributed by atoms with Gasteiger partial charge in [-0.1, -0.05) is 30.3 Å². The molecule has 2 N–H and O–H groups in total. The zero-order chi connectivity index (χ0) is 11.4. The predicted molar refractivity (Wildman–Crippen MR) is 68.1 cm³/mol. The molecular formula is C14H22N2. The molecule has 0 aromatic heterocycles. The zero-order valence-corrected chi connectivity index (χ0v) is 10.2. The molecule has 2 rings (SSSR count). The van der Waals surface area contributed by atoms with E-state index in [1.165, 1.54) is 31.4 Å². The molecule has 0 unspecified atom stereocenters. The van der Waals surface area contributed by atoms with E-state index < -0.39 is 0 Å². The lowest BCUT2D eigenvalue weighted by molar-refractivity contribution is 0.248. The molecule has 0 amide bonds. The first-order chi connectivity index (χ1) is 7.74. The van der Waals surface area contributed by atoms with Gasteiger partial charge in [-0.2, -0.15) is 0 Å². The molecular weight excluding hydrogens is 196 g/mol. The van der Waals surface area contributed by atoms with Crippen molar-refractivity contribution in [2.75, 3.05) is 20.1 Å². The van der Waals surface area contributed by atoms with Gasteiger partial charge in [0.1, 0.15) is 0 Å². The van der Waals surface area contributed by atoms with Gasteiger partial charge in [0.15, 0.2) is 0 Å². The predicted octanol–water partition coefficient (Wildman–Crippen LogP) is 2.25. The average Bonchev–Trinajstić information content (AvgIpc) is 2.99. The van der Waals surface area contributed by atoms with Crippen LogP contribution in [0.3, 0.4) is 0 Å². The van der Waals surface area contributed by atoms with Gasteiger partial charge in [-0.3, -0.25) is 0 Å². The Kier molecular flexibility index (Phi) is 3.62. The fourth-order valence-corrected chi connectivity index (χ4v) is 2.49. The summed E-state index contributed by atoms with van der Waals surface area (Å²) in [5.74, 6) is 0. The third-order valence-electron chi connectivity index (χ3n) is 3.53. The van der Waals surface area contributed by atoms with Crippen LogP contribution in [0.15, 0.2) is 30.3 Å². The van der Waals surface area contributed by atoms with Gasteiger partial charge < -0.3 is 10.6 Å². The maximum absolute atomic E-state index is 5.66. The molecule has 1 saturated carbocycles. The van der Waals surface area contributed by atoms with Crippen molar-refractivity contribution in [1.82, 2.24) is 4.90 Å². The highest BCUT2D eigenvalue weighted by molar-refractivity contribution is 5.14. The molecule has 1 fully saturated rings. The number of hydrogen-bond donors (Lipinski definition) is 1. The SMILES string of the molecule is CN(Cc1ccccc1)CC1(CCN)CC1. The molecule has 1 aromatic rings. The molecule has 0 heterocycles. The number of nitrogens with zero attached hydrogens (tertiary/aromatic N) is 1. The standard InChI is InChI=1S/C14H22N2/c1-16(11-13-5-3-2-4-6-13)12-14(7-8-14)9-10-15/h2-6H,7-12,15H2,1H3. The Hall–Kier alpha value is -0.860. The highest BCUT2D eigenvalue weighted by atomic mass is 15.1. The lowest BCUT2D eigenvalue weighted by Gasteiger charge is -2.23. The van der Waals surface area contributed by atoms with Crippen LogP contribution in [-0.4, -0.2) is 25.0 Å². The molecule has 0 radical (unpaired) electrons. The second-order valence-corrected chi connectivity index (χ2v) is 5.20. The molecule has 2 nitrogen and oxygen atoms in total. The molecule has 0 bridgehead atoms. The number of nitrogens with two attached hydrogens (primary N) is 1. The summed E-state index contributed by atoms with van der Waals surface area (Å²) >= 11 is 0. The van der Waals surface area contributed by atoms with Gasteiger partial charge in [0.05, 0.1) is 0 Å². The molecule has 1 aliphatic carbocycles. The molecule has 0 spiro atoms. The maximum Gasteiger partial charge on any atom is 0.0230 e. The number of rotatable bonds is 6. The Bertz CT molecular complexity index is 317. The largest absolute Gasteiger partial charge is 0.330 e. The maximum atomic E-state index is 5.66. The summed E-state index contributed by atoms with van der Waals surface area (Å²) < 4.78 is 0. The van der Waals surface area contributed by atoms with E-state index in [1.807, 2.05) is 0 Å². The average molecular weight is 218 g/mol. The first-order valence-electron chi connectivity index (χ1n) is 6.17. The topological polar surface area (TPSA) is 29.3 Å². The second-order valence-electron chi connectivity index (χ2n) is 5.20. The summed E-state index contributed by atoms with van der Waals surface area (Å²) in [6.45, 7) is 3.07. The van der Waals surface area contributed by atoms with Crippen LogP contribution in [0.5, 0.6) is 0 Å². The van der Waals surface area contributed by atoms with Crippen molar-refractivity contribution in [2.45, 2.75) is 25.8 Å². The normalized spacial score (nSPS) is 17.7.